The molecule has 0 aliphatic rings. The molecule has 86 valence electrons. The minimum atomic E-state index is 0.300. The zero-order chi connectivity index (χ0) is 11.5. The van der Waals surface area contributed by atoms with E-state index in [4.69, 9.17) is 0 Å². The predicted octanol–water partition coefficient (Wildman–Crippen LogP) is 3.74. The lowest BCUT2D eigenvalue weighted by Gasteiger charge is -2.30. The summed E-state index contributed by atoms with van der Waals surface area (Å²) in [6.07, 6.45) is 7.73. The van der Waals surface area contributed by atoms with Crippen LogP contribution in [0.4, 0.5) is 0 Å². The Morgan fingerprint density at radius 3 is 2.47 bits per heavy atom. The van der Waals surface area contributed by atoms with E-state index in [-0.39, 0.29) is 0 Å². The Kier molecular flexibility index (Phi) is 3.95. The van der Waals surface area contributed by atoms with Crippen LogP contribution in [-0.4, -0.2) is 9.55 Å². The highest BCUT2D eigenvalue weighted by atomic mass is 15.0. The summed E-state index contributed by atoms with van der Waals surface area (Å²) < 4.78 is 2.16. The van der Waals surface area contributed by atoms with E-state index < -0.39 is 0 Å². The zero-order valence-corrected chi connectivity index (χ0v) is 10.7. The molecule has 2 nitrogen and oxygen atoms in total. The summed E-state index contributed by atoms with van der Waals surface area (Å²) in [5.74, 6) is 1.80. The normalized spacial score (nSPS) is 14.2. The average molecular weight is 208 g/mol. The van der Waals surface area contributed by atoms with Crippen LogP contribution in [0.1, 0.15) is 58.7 Å². The Morgan fingerprint density at radius 1 is 1.40 bits per heavy atom. The summed E-state index contributed by atoms with van der Waals surface area (Å²) in [6.45, 7) is 9.17. The first-order chi connectivity index (χ1) is 6.96. The molecule has 0 bridgehead atoms. The number of unbranched alkanes of at least 4 members (excludes halogenated alkanes) is 1. The Morgan fingerprint density at radius 2 is 2.07 bits per heavy atom. The van der Waals surface area contributed by atoms with Gasteiger partial charge in [-0.3, -0.25) is 0 Å². The molecule has 0 fully saturated rings. The van der Waals surface area contributed by atoms with E-state index in [0.29, 0.717) is 11.3 Å². The van der Waals surface area contributed by atoms with Crippen LogP contribution in [-0.2, 0) is 7.05 Å². The number of hydrogen-bond donors (Lipinski definition) is 0. The lowest BCUT2D eigenvalue weighted by Crippen LogP contribution is -2.21. The molecule has 2 heteroatoms. The zero-order valence-electron chi connectivity index (χ0n) is 10.7. The van der Waals surface area contributed by atoms with Gasteiger partial charge in [-0.25, -0.2) is 4.98 Å². The van der Waals surface area contributed by atoms with Crippen molar-refractivity contribution in [3.05, 3.63) is 18.2 Å². The fourth-order valence-electron chi connectivity index (χ4n) is 2.07. The highest BCUT2D eigenvalue weighted by Crippen LogP contribution is 2.37. The van der Waals surface area contributed by atoms with E-state index in [0.717, 1.165) is 0 Å². The second-order valence-corrected chi connectivity index (χ2v) is 5.46. The minimum absolute atomic E-state index is 0.300. The lowest BCUT2D eigenvalue weighted by molar-refractivity contribution is 0.284. The first-order valence-electron chi connectivity index (χ1n) is 5.94. The predicted molar refractivity (Wildman–Crippen MR) is 64.9 cm³/mol. The number of aromatic nitrogens is 2. The molecule has 1 aromatic rings. The molecule has 1 rings (SSSR count). The summed E-state index contributed by atoms with van der Waals surface area (Å²) in [7, 11) is 2.09. The van der Waals surface area contributed by atoms with Crippen LogP contribution in [0.2, 0.25) is 0 Å². The van der Waals surface area contributed by atoms with Gasteiger partial charge in [-0.1, -0.05) is 40.5 Å². The molecule has 1 atom stereocenters. The molecule has 0 aliphatic heterocycles. The van der Waals surface area contributed by atoms with Gasteiger partial charge in [-0.15, -0.1) is 0 Å². The number of hydrogen-bond acceptors (Lipinski definition) is 1. The summed E-state index contributed by atoms with van der Waals surface area (Å²) in [4.78, 5) is 4.50. The molecular formula is C13H24N2. The van der Waals surface area contributed by atoms with E-state index in [1.54, 1.807) is 0 Å². The Balaban J connectivity index is 2.87. The molecule has 1 heterocycles. The molecule has 0 N–H and O–H groups in total. The van der Waals surface area contributed by atoms with Crippen molar-refractivity contribution in [1.29, 1.82) is 0 Å². The van der Waals surface area contributed by atoms with E-state index in [1.165, 1.54) is 25.1 Å². The van der Waals surface area contributed by atoms with Gasteiger partial charge in [0.05, 0.1) is 0 Å². The molecule has 15 heavy (non-hydrogen) atoms. The van der Waals surface area contributed by atoms with Crippen LogP contribution < -0.4 is 0 Å². The third-order valence-electron chi connectivity index (χ3n) is 3.06. The van der Waals surface area contributed by atoms with Crippen molar-refractivity contribution in [2.45, 2.75) is 52.9 Å². The monoisotopic (exact) mass is 208 g/mol. The van der Waals surface area contributed by atoms with E-state index in [1.807, 2.05) is 12.4 Å². The fourth-order valence-corrected chi connectivity index (χ4v) is 2.07. The molecule has 0 radical (unpaired) electrons. The lowest BCUT2D eigenvalue weighted by atomic mass is 9.77. The van der Waals surface area contributed by atoms with Crippen molar-refractivity contribution >= 4 is 0 Å². The first-order valence-corrected chi connectivity index (χ1v) is 5.94. The van der Waals surface area contributed by atoms with Gasteiger partial charge in [-0.2, -0.15) is 0 Å². The summed E-state index contributed by atoms with van der Waals surface area (Å²) in [6, 6.07) is 0. The number of rotatable bonds is 4. The van der Waals surface area contributed by atoms with Crippen LogP contribution >= 0.6 is 0 Å². The Bertz CT molecular complexity index is 294. The van der Waals surface area contributed by atoms with Gasteiger partial charge in [0.25, 0.3) is 0 Å². The molecule has 0 spiro atoms. The van der Waals surface area contributed by atoms with Crippen molar-refractivity contribution in [3.63, 3.8) is 0 Å². The van der Waals surface area contributed by atoms with Gasteiger partial charge in [-0.05, 0) is 11.8 Å². The average Bonchev–Trinajstić information content (AvgIpc) is 2.51. The molecule has 1 unspecified atom stereocenters. The van der Waals surface area contributed by atoms with E-state index >= 15 is 0 Å². The Labute approximate surface area is 93.7 Å². The summed E-state index contributed by atoms with van der Waals surface area (Å²) >= 11 is 0. The second-order valence-electron chi connectivity index (χ2n) is 5.46. The summed E-state index contributed by atoms with van der Waals surface area (Å²) in [5.41, 5.74) is 0.300. The van der Waals surface area contributed by atoms with Crippen molar-refractivity contribution in [3.8, 4) is 0 Å². The quantitative estimate of drug-likeness (QED) is 0.737. The molecular weight excluding hydrogens is 184 g/mol. The number of imidazole rings is 1. The molecule has 0 aliphatic carbocycles. The van der Waals surface area contributed by atoms with Crippen LogP contribution in [0.3, 0.4) is 0 Å². The molecule has 0 saturated carbocycles. The summed E-state index contributed by atoms with van der Waals surface area (Å²) in [5, 5.41) is 0. The maximum absolute atomic E-state index is 4.50. The number of aryl methyl sites for hydroxylation is 1. The number of nitrogens with zero attached hydrogens (tertiary/aromatic N) is 2. The molecule has 0 aromatic carbocycles. The van der Waals surface area contributed by atoms with Gasteiger partial charge in [0.15, 0.2) is 0 Å². The van der Waals surface area contributed by atoms with Gasteiger partial charge in [0.1, 0.15) is 5.82 Å². The van der Waals surface area contributed by atoms with Crippen molar-refractivity contribution in [2.24, 2.45) is 12.5 Å². The Hall–Kier alpha value is -0.790. The maximum Gasteiger partial charge on any atom is 0.112 e. The van der Waals surface area contributed by atoms with Gasteiger partial charge in [0, 0.05) is 25.4 Å². The van der Waals surface area contributed by atoms with Gasteiger partial charge in [0.2, 0.25) is 0 Å². The third kappa shape index (κ3) is 3.08. The second kappa shape index (κ2) is 4.82. The van der Waals surface area contributed by atoms with Gasteiger partial charge >= 0.3 is 0 Å². The van der Waals surface area contributed by atoms with Crippen LogP contribution in [0.15, 0.2) is 12.4 Å². The van der Waals surface area contributed by atoms with E-state index in [9.17, 15) is 0 Å². The minimum Gasteiger partial charge on any atom is -0.338 e. The fraction of sp³-hybridized carbons (Fsp3) is 0.769. The third-order valence-corrected chi connectivity index (χ3v) is 3.06. The molecule has 1 aromatic heterocycles. The molecule has 0 saturated heterocycles. The van der Waals surface area contributed by atoms with Crippen LogP contribution in [0, 0.1) is 5.41 Å². The highest BCUT2D eigenvalue weighted by Gasteiger charge is 2.28. The van der Waals surface area contributed by atoms with Crippen LogP contribution in [0.5, 0.6) is 0 Å². The SMILES string of the molecule is CCCCC(c1nccn1C)C(C)(C)C. The van der Waals surface area contributed by atoms with Gasteiger partial charge < -0.3 is 4.57 Å². The van der Waals surface area contributed by atoms with Crippen molar-refractivity contribution in [1.82, 2.24) is 9.55 Å². The standard InChI is InChI=1S/C13H24N2/c1-6-7-8-11(13(2,3)4)12-14-9-10-15(12)5/h9-11H,6-8H2,1-5H3. The molecule has 0 amide bonds. The van der Waals surface area contributed by atoms with Crippen molar-refractivity contribution in [2.75, 3.05) is 0 Å². The van der Waals surface area contributed by atoms with Crippen LogP contribution in [0.25, 0.3) is 0 Å². The van der Waals surface area contributed by atoms with Crippen molar-refractivity contribution < 1.29 is 0 Å². The smallest absolute Gasteiger partial charge is 0.112 e. The highest BCUT2D eigenvalue weighted by molar-refractivity contribution is 5.04. The maximum atomic E-state index is 4.50. The topological polar surface area (TPSA) is 17.8 Å². The van der Waals surface area contributed by atoms with E-state index in [2.05, 4.69) is 44.3 Å². The largest absolute Gasteiger partial charge is 0.338 e. The first kappa shape index (κ1) is 12.3.